The van der Waals surface area contributed by atoms with E-state index in [1.807, 2.05) is 67.6 Å². The number of carbonyl (C=O) groups is 1. The molecule has 22 heavy (non-hydrogen) atoms. The molecule has 0 bridgehead atoms. The molecular formula is C19H15NO2. The van der Waals surface area contributed by atoms with Crippen molar-refractivity contribution < 1.29 is 9.63 Å². The van der Waals surface area contributed by atoms with Crippen molar-refractivity contribution in [2.45, 2.75) is 6.92 Å². The number of hydrogen-bond donors (Lipinski definition) is 0. The molecule has 0 atom stereocenters. The molecule has 1 heterocycles. The minimum absolute atomic E-state index is 0.423. The first-order valence-corrected chi connectivity index (χ1v) is 7.04. The van der Waals surface area contributed by atoms with Gasteiger partial charge in [0, 0.05) is 5.56 Å². The summed E-state index contributed by atoms with van der Waals surface area (Å²) in [6, 6.07) is 17.7. The lowest BCUT2D eigenvalue weighted by molar-refractivity contribution is -0.136. The van der Waals surface area contributed by atoms with Crippen molar-refractivity contribution in [3.63, 3.8) is 0 Å². The summed E-state index contributed by atoms with van der Waals surface area (Å²) < 4.78 is 0. The summed E-state index contributed by atoms with van der Waals surface area (Å²) in [5.41, 5.74) is 4.18. The van der Waals surface area contributed by atoms with Gasteiger partial charge in [-0.1, -0.05) is 77.5 Å². The Morgan fingerprint density at radius 1 is 1.05 bits per heavy atom. The normalized spacial score (nSPS) is 16.1. The van der Waals surface area contributed by atoms with E-state index in [0.717, 1.165) is 11.1 Å². The van der Waals surface area contributed by atoms with Gasteiger partial charge in [0.1, 0.15) is 5.71 Å². The molecule has 3 rings (SSSR count). The van der Waals surface area contributed by atoms with Crippen LogP contribution in [0.5, 0.6) is 0 Å². The van der Waals surface area contributed by atoms with Gasteiger partial charge in [-0.25, -0.2) is 4.79 Å². The molecule has 1 aliphatic heterocycles. The van der Waals surface area contributed by atoms with Gasteiger partial charge in [-0.2, -0.15) is 0 Å². The SMILES string of the molecule is Cc1cccc(/C=C/C=C2\C(=O)ON=C2c2ccccc2)c1. The van der Waals surface area contributed by atoms with Crippen molar-refractivity contribution in [2.75, 3.05) is 0 Å². The smallest absolute Gasteiger partial charge is 0.312 e. The monoisotopic (exact) mass is 289 g/mol. The number of benzene rings is 2. The van der Waals surface area contributed by atoms with Crippen LogP contribution in [0, 0.1) is 6.92 Å². The van der Waals surface area contributed by atoms with Crippen LogP contribution in [0.4, 0.5) is 0 Å². The summed E-state index contributed by atoms with van der Waals surface area (Å²) in [4.78, 5) is 16.6. The van der Waals surface area contributed by atoms with E-state index in [4.69, 9.17) is 4.84 Å². The summed E-state index contributed by atoms with van der Waals surface area (Å²) >= 11 is 0. The van der Waals surface area contributed by atoms with Crippen LogP contribution in [0.25, 0.3) is 6.08 Å². The van der Waals surface area contributed by atoms with Crippen LogP contribution in [0.3, 0.4) is 0 Å². The molecule has 1 aliphatic rings. The van der Waals surface area contributed by atoms with Gasteiger partial charge in [0.25, 0.3) is 0 Å². The van der Waals surface area contributed by atoms with Crippen LogP contribution in [-0.4, -0.2) is 11.7 Å². The molecule has 0 saturated heterocycles. The maximum absolute atomic E-state index is 11.8. The second kappa shape index (κ2) is 6.22. The fourth-order valence-corrected chi connectivity index (χ4v) is 2.26. The van der Waals surface area contributed by atoms with E-state index >= 15 is 0 Å². The molecule has 2 aromatic carbocycles. The van der Waals surface area contributed by atoms with Crippen LogP contribution >= 0.6 is 0 Å². The minimum atomic E-state index is -0.423. The number of allylic oxidation sites excluding steroid dienone is 2. The zero-order valence-corrected chi connectivity index (χ0v) is 12.2. The van der Waals surface area contributed by atoms with E-state index in [0.29, 0.717) is 11.3 Å². The van der Waals surface area contributed by atoms with Gasteiger partial charge < -0.3 is 4.84 Å². The third kappa shape index (κ3) is 3.04. The summed E-state index contributed by atoms with van der Waals surface area (Å²) in [5, 5.41) is 3.87. The van der Waals surface area contributed by atoms with Crippen molar-refractivity contribution >= 4 is 17.8 Å². The molecule has 3 nitrogen and oxygen atoms in total. The summed E-state index contributed by atoms with van der Waals surface area (Å²) in [5.74, 6) is -0.423. The van der Waals surface area contributed by atoms with Crippen LogP contribution in [0.1, 0.15) is 16.7 Å². The fourth-order valence-electron chi connectivity index (χ4n) is 2.26. The van der Waals surface area contributed by atoms with Gasteiger partial charge in [0.05, 0.1) is 5.57 Å². The third-order valence-corrected chi connectivity index (χ3v) is 3.34. The van der Waals surface area contributed by atoms with Crippen molar-refractivity contribution in [2.24, 2.45) is 5.16 Å². The van der Waals surface area contributed by atoms with Crippen LogP contribution < -0.4 is 0 Å². The molecule has 0 aromatic heterocycles. The average molecular weight is 289 g/mol. The molecule has 0 saturated carbocycles. The number of carbonyl (C=O) groups excluding carboxylic acids is 1. The molecule has 108 valence electrons. The fraction of sp³-hybridized carbons (Fsp3) is 0.0526. The van der Waals surface area contributed by atoms with E-state index in [9.17, 15) is 4.79 Å². The third-order valence-electron chi connectivity index (χ3n) is 3.34. The lowest BCUT2D eigenvalue weighted by Crippen LogP contribution is -2.06. The molecule has 0 fully saturated rings. The minimum Gasteiger partial charge on any atom is -0.312 e. The predicted octanol–water partition coefficient (Wildman–Crippen LogP) is 3.90. The quantitative estimate of drug-likeness (QED) is 0.635. The molecule has 0 unspecified atom stereocenters. The molecule has 0 spiro atoms. The highest BCUT2D eigenvalue weighted by Gasteiger charge is 2.25. The van der Waals surface area contributed by atoms with E-state index in [1.54, 1.807) is 6.08 Å². The number of aryl methyl sites for hydroxylation is 1. The highest BCUT2D eigenvalue weighted by atomic mass is 16.7. The molecule has 3 heteroatoms. The Morgan fingerprint density at radius 3 is 2.64 bits per heavy atom. The molecule has 2 aromatic rings. The number of hydrogen-bond acceptors (Lipinski definition) is 3. The first-order chi connectivity index (χ1) is 10.7. The topological polar surface area (TPSA) is 38.7 Å². The van der Waals surface area contributed by atoms with Gasteiger partial charge in [0.15, 0.2) is 0 Å². The highest BCUT2D eigenvalue weighted by molar-refractivity contribution is 6.29. The van der Waals surface area contributed by atoms with Crippen molar-refractivity contribution in [1.29, 1.82) is 0 Å². The summed E-state index contributed by atoms with van der Waals surface area (Å²) in [6.45, 7) is 2.05. The van der Waals surface area contributed by atoms with E-state index in [1.165, 1.54) is 5.56 Å². The predicted molar refractivity (Wildman–Crippen MR) is 87.4 cm³/mol. The van der Waals surface area contributed by atoms with E-state index in [-0.39, 0.29) is 0 Å². The lowest BCUT2D eigenvalue weighted by atomic mass is 10.0. The van der Waals surface area contributed by atoms with Gasteiger partial charge in [0.2, 0.25) is 0 Å². The Morgan fingerprint density at radius 2 is 1.86 bits per heavy atom. The molecule has 0 N–H and O–H groups in total. The first-order valence-electron chi connectivity index (χ1n) is 7.04. The Balaban J connectivity index is 1.86. The largest absolute Gasteiger partial charge is 0.368 e. The average Bonchev–Trinajstić information content (AvgIpc) is 2.90. The highest BCUT2D eigenvalue weighted by Crippen LogP contribution is 2.18. The molecule has 0 radical (unpaired) electrons. The standard InChI is InChI=1S/C19H15NO2/c1-14-7-5-8-15(13-14)9-6-12-17-18(20-22-19(17)21)16-10-3-2-4-11-16/h2-13H,1H3/b9-6+,17-12-. The van der Waals surface area contributed by atoms with Crippen LogP contribution in [0.2, 0.25) is 0 Å². The Bertz CT molecular complexity index is 786. The van der Waals surface area contributed by atoms with Crippen molar-refractivity contribution in [3.8, 4) is 0 Å². The van der Waals surface area contributed by atoms with Gasteiger partial charge >= 0.3 is 5.97 Å². The van der Waals surface area contributed by atoms with Crippen molar-refractivity contribution in [3.05, 3.63) is 89.0 Å². The maximum atomic E-state index is 11.8. The molecule has 0 aliphatic carbocycles. The lowest BCUT2D eigenvalue weighted by Gasteiger charge is -1.98. The zero-order chi connectivity index (χ0) is 15.4. The Hall–Kier alpha value is -2.94. The number of rotatable bonds is 3. The number of nitrogens with zero attached hydrogens (tertiary/aromatic N) is 1. The van der Waals surface area contributed by atoms with Crippen molar-refractivity contribution in [1.82, 2.24) is 0 Å². The van der Waals surface area contributed by atoms with Crippen LogP contribution in [0.15, 0.2) is 77.5 Å². The number of oxime groups is 1. The second-order valence-electron chi connectivity index (χ2n) is 5.04. The molecule has 0 amide bonds. The van der Waals surface area contributed by atoms with Gasteiger partial charge in [-0.3, -0.25) is 0 Å². The zero-order valence-electron chi connectivity index (χ0n) is 12.2. The van der Waals surface area contributed by atoms with Gasteiger partial charge in [-0.05, 0) is 18.6 Å². The Labute approximate surface area is 129 Å². The van der Waals surface area contributed by atoms with Gasteiger partial charge in [-0.15, -0.1) is 0 Å². The van der Waals surface area contributed by atoms with E-state index < -0.39 is 5.97 Å². The molecular weight excluding hydrogens is 274 g/mol. The maximum Gasteiger partial charge on any atom is 0.368 e. The summed E-state index contributed by atoms with van der Waals surface area (Å²) in [7, 11) is 0. The summed E-state index contributed by atoms with van der Waals surface area (Å²) in [6.07, 6.45) is 5.53. The first kappa shape index (κ1) is 14.0. The Kier molecular flexibility index (Phi) is 3.97. The second-order valence-corrected chi connectivity index (χ2v) is 5.04. The van der Waals surface area contributed by atoms with Crippen LogP contribution in [-0.2, 0) is 9.63 Å². The van der Waals surface area contributed by atoms with E-state index in [2.05, 4.69) is 11.2 Å².